The molecule has 1 unspecified atom stereocenters. The number of aliphatic hydroxyl groups excluding tert-OH is 1. The van der Waals surface area contributed by atoms with Crippen LogP contribution in [0, 0.1) is 13.8 Å². The normalized spacial score (nSPS) is 17.1. The molecule has 0 radical (unpaired) electrons. The van der Waals surface area contributed by atoms with Gasteiger partial charge in [0.1, 0.15) is 5.82 Å². The van der Waals surface area contributed by atoms with Crippen molar-refractivity contribution in [1.29, 1.82) is 0 Å². The van der Waals surface area contributed by atoms with Crippen LogP contribution >= 0.6 is 28.4 Å². The lowest BCUT2D eigenvalue weighted by molar-refractivity contribution is 0.0985. The molecule has 10 nitrogen and oxygen atoms in total. The first kappa shape index (κ1) is 22.7. The number of rotatable bonds is 6. The van der Waals surface area contributed by atoms with E-state index in [-0.39, 0.29) is 12.6 Å². The fourth-order valence-electron chi connectivity index (χ4n) is 4.48. The van der Waals surface area contributed by atoms with Gasteiger partial charge in [-0.1, -0.05) is 0 Å². The predicted octanol–water partition coefficient (Wildman–Crippen LogP) is 3.08. The molecule has 2 atom stereocenters. The molecular weight excluding hydrogens is 554 g/mol. The van der Waals surface area contributed by atoms with Gasteiger partial charge in [0.05, 0.1) is 67.6 Å². The molecule has 1 N–H and O–H groups in total. The first-order valence-corrected chi connectivity index (χ1v) is 14.9. The number of fused-ring (bicyclic) bond motifs is 1. The van der Waals surface area contributed by atoms with Gasteiger partial charge in [0.25, 0.3) is 0 Å². The molecular formula is C21H26IN8O2P. The van der Waals surface area contributed by atoms with Gasteiger partial charge in [-0.3, -0.25) is 4.68 Å². The lowest BCUT2D eigenvalue weighted by Gasteiger charge is -2.34. The summed E-state index contributed by atoms with van der Waals surface area (Å²) < 4.78 is 11.4. The van der Waals surface area contributed by atoms with Gasteiger partial charge in [0.15, 0.2) is 5.65 Å². The van der Waals surface area contributed by atoms with Crippen LogP contribution in [-0.2, 0) is 11.3 Å². The summed E-state index contributed by atoms with van der Waals surface area (Å²) in [5.74, 6) is 0.895. The Bertz CT molecular complexity index is 1300. The van der Waals surface area contributed by atoms with Crippen molar-refractivity contribution in [3.63, 3.8) is 0 Å². The van der Waals surface area contributed by atoms with Crippen molar-refractivity contribution in [3.8, 4) is 22.5 Å². The van der Waals surface area contributed by atoms with Crippen molar-refractivity contribution in [1.82, 2.24) is 33.9 Å². The van der Waals surface area contributed by atoms with Gasteiger partial charge in [-0.25, -0.2) is 14.0 Å². The molecule has 1 fully saturated rings. The van der Waals surface area contributed by atoms with Crippen LogP contribution in [0.4, 0.5) is 5.82 Å². The third-order valence-corrected chi connectivity index (χ3v) is 7.96. The molecule has 1 aliphatic rings. The van der Waals surface area contributed by atoms with E-state index in [2.05, 4.69) is 50.1 Å². The van der Waals surface area contributed by atoms with Crippen molar-refractivity contribution < 1.29 is 9.84 Å². The number of aryl methyl sites for hydroxylation is 1. The molecule has 0 saturated carbocycles. The summed E-state index contributed by atoms with van der Waals surface area (Å²) in [7, 11) is 0. The SMILES string of the molecule is Cc1nn(CCO)c(C)c1-c1cc(N2CCOC[C@H]2C)nc2c(-c3ccnn3PI)cnn12. The molecule has 0 aliphatic carbocycles. The van der Waals surface area contributed by atoms with Crippen molar-refractivity contribution >= 4 is 39.9 Å². The second kappa shape index (κ2) is 9.28. The minimum atomic E-state index is 0.0384. The van der Waals surface area contributed by atoms with E-state index in [1.807, 2.05) is 46.0 Å². The average molecular weight is 580 g/mol. The predicted molar refractivity (Wildman–Crippen MR) is 137 cm³/mol. The highest BCUT2D eigenvalue weighted by Crippen LogP contribution is 2.36. The summed E-state index contributed by atoms with van der Waals surface area (Å²) in [6, 6.07) is 4.32. The van der Waals surface area contributed by atoms with Gasteiger partial charge in [-0.15, -0.1) is 0 Å². The van der Waals surface area contributed by atoms with Gasteiger partial charge >= 0.3 is 0 Å². The molecule has 0 amide bonds. The largest absolute Gasteiger partial charge is 0.394 e. The lowest BCUT2D eigenvalue weighted by atomic mass is 10.1. The quantitative estimate of drug-likeness (QED) is 0.277. The highest BCUT2D eigenvalue weighted by atomic mass is 127. The zero-order chi connectivity index (χ0) is 23.1. The Kier molecular flexibility index (Phi) is 6.39. The maximum atomic E-state index is 9.47. The van der Waals surface area contributed by atoms with E-state index in [9.17, 15) is 5.11 Å². The third-order valence-electron chi connectivity index (χ3n) is 6.07. The molecule has 0 spiro atoms. The van der Waals surface area contributed by atoms with E-state index in [0.29, 0.717) is 26.1 Å². The molecule has 1 aliphatic heterocycles. The Morgan fingerprint density at radius 2 is 2.12 bits per heavy atom. The van der Waals surface area contributed by atoms with Gasteiger partial charge in [-0.05, 0) is 48.9 Å². The minimum absolute atomic E-state index is 0.0384. The number of anilines is 1. The number of halogens is 1. The summed E-state index contributed by atoms with van der Waals surface area (Å²) in [4.78, 5) is 7.39. The van der Waals surface area contributed by atoms with Crippen LogP contribution in [0.2, 0.25) is 0 Å². The first-order valence-electron chi connectivity index (χ1n) is 10.8. The summed E-state index contributed by atoms with van der Waals surface area (Å²) in [5, 5.41) is 23.3. The zero-order valence-corrected chi connectivity index (χ0v) is 21.9. The van der Waals surface area contributed by atoms with Crippen molar-refractivity contribution in [3.05, 3.63) is 35.9 Å². The standard InChI is InChI=1S/C21H26IN8O2P/c1-13-12-32-9-7-27(13)19-10-18(20-14(2)26-28(6-8-31)15(20)3)29-21(25-19)16(11-24-29)17-4-5-23-30(17)33-22/h4-5,10-11,13,31,33H,6-9,12H2,1-3H3/t13-/m1/s1. The van der Waals surface area contributed by atoms with Gasteiger partial charge in [0, 0.05) is 30.1 Å². The Balaban J connectivity index is 1.77. The zero-order valence-electron chi connectivity index (χ0n) is 18.7. The monoisotopic (exact) mass is 580 g/mol. The molecule has 0 bridgehead atoms. The van der Waals surface area contributed by atoms with Crippen LogP contribution in [0.25, 0.3) is 28.2 Å². The number of aromatic nitrogens is 7. The Morgan fingerprint density at radius 3 is 2.88 bits per heavy atom. The summed E-state index contributed by atoms with van der Waals surface area (Å²) in [5.41, 5.74) is 6.55. The van der Waals surface area contributed by atoms with Crippen LogP contribution in [0.5, 0.6) is 0 Å². The van der Waals surface area contributed by atoms with Gasteiger partial charge in [-0.2, -0.15) is 15.3 Å². The summed E-state index contributed by atoms with van der Waals surface area (Å²) in [6.45, 7) is 8.80. The van der Waals surface area contributed by atoms with Gasteiger partial charge < -0.3 is 14.7 Å². The van der Waals surface area contributed by atoms with E-state index < -0.39 is 0 Å². The summed E-state index contributed by atoms with van der Waals surface area (Å²) in [6.07, 6.45) is 4.15. The first-order chi connectivity index (χ1) is 16.0. The van der Waals surface area contributed by atoms with E-state index in [4.69, 9.17) is 14.8 Å². The number of hydrogen-bond donors (Lipinski definition) is 1. The fourth-order valence-corrected chi connectivity index (χ4v) is 6.03. The second-order valence-electron chi connectivity index (χ2n) is 8.12. The van der Waals surface area contributed by atoms with E-state index in [1.165, 1.54) is 0 Å². The molecule has 4 aromatic rings. The fraction of sp³-hybridized carbons (Fsp3) is 0.429. The Hall–Kier alpha value is -2.08. The number of morpholine rings is 1. The maximum absolute atomic E-state index is 9.47. The average Bonchev–Trinajstić information content (AvgIpc) is 3.51. The highest BCUT2D eigenvalue weighted by molar-refractivity contribution is 14.2. The minimum Gasteiger partial charge on any atom is -0.394 e. The van der Waals surface area contributed by atoms with Crippen LogP contribution in [-0.4, -0.2) is 71.4 Å². The number of aliphatic hydroxyl groups is 1. The molecule has 0 aromatic carbocycles. The van der Waals surface area contributed by atoms with Gasteiger partial charge in [0.2, 0.25) is 0 Å². The van der Waals surface area contributed by atoms with Crippen LogP contribution in [0.3, 0.4) is 0 Å². The Labute approximate surface area is 206 Å². The molecule has 4 aromatic heterocycles. The van der Waals surface area contributed by atoms with Crippen molar-refractivity contribution in [2.75, 3.05) is 31.3 Å². The van der Waals surface area contributed by atoms with Crippen LogP contribution in [0.1, 0.15) is 18.3 Å². The maximum Gasteiger partial charge on any atom is 0.167 e. The van der Waals surface area contributed by atoms with E-state index in [1.54, 1.807) is 0 Å². The second-order valence-corrected chi connectivity index (χ2v) is 10.2. The van der Waals surface area contributed by atoms with E-state index in [0.717, 1.165) is 51.9 Å². The lowest BCUT2D eigenvalue weighted by Crippen LogP contribution is -2.44. The molecule has 33 heavy (non-hydrogen) atoms. The highest BCUT2D eigenvalue weighted by Gasteiger charge is 2.26. The molecule has 5 rings (SSSR count). The van der Waals surface area contributed by atoms with E-state index >= 15 is 0 Å². The summed E-state index contributed by atoms with van der Waals surface area (Å²) >= 11 is 2.33. The van der Waals surface area contributed by atoms with Crippen LogP contribution in [0.15, 0.2) is 24.5 Å². The molecule has 1 saturated heterocycles. The third kappa shape index (κ3) is 3.94. The Morgan fingerprint density at radius 1 is 1.27 bits per heavy atom. The van der Waals surface area contributed by atoms with Crippen molar-refractivity contribution in [2.45, 2.75) is 33.4 Å². The van der Waals surface area contributed by atoms with Crippen LogP contribution < -0.4 is 4.90 Å². The molecule has 5 heterocycles. The number of ether oxygens (including phenoxy) is 1. The number of nitrogens with zero attached hydrogens (tertiary/aromatic N) is 8. The topological polar surface area (TPSA) is 98.5 Å². The molecule has 174 valence electrons. The molecule has 12 heteroatoms. The van der Waals surface area contributed by atoms with Crippen molar-refractivity contribution in [2.24, 2.45) is 0 Å². The number of hydrogen-bond acceptors (Lipinski definition) is 7. The smallest absolute Gasteiger partial charge is 0.167 e.